The van der Waals surface area contributed by atoms with E-state index in [0.717, 1.165) is 11.1 Å². The number of hydrogen-bond donors (Lipinski definition) is 1. The van der Waals surface area contributed by atoms with Crippen molar-refractivity contribution < 1.29 is 9.26 Å². The molecule has 0 aliphatic carbocycles. The van der Waals surface area contributed by atoms with Gasteiger partial charge >= 0.3 is 0 Å². The monoisotopic (exact) mass is 202 g/mol. The molecule has 0 saturated heterocycles. The minimum atomic E-state index is 0.357. The summed E-state index contributed by atoms with van der Waals surface area (Å²) >= 11 is 0. The molecule has 0 unspecified atom stereocenters. The molecule has 15 heavy (non-hydrogen) atoms. The van der Waals surface area contributed by atoms with Crippen LogP contribution in [0.5, 0.6) is 0 Å². The predicted octanol–water partition coefficient (Wildman–Crippen LogP) is 1.95. The molecule has 2 N–H and O–H groups in total. The van der Waals surface area contributed by atoms with Crippen molar-refractivity contribution in [1.82, 2.24) is 5.16 Å². The normalized spacial score (nSPS) is 14.1. The first kappa shape index (κ1) is 8.49. The van der Waals surface area contributed by atoms with E-state index in [1.807, 2.05) is 12.1 Å². The predicted molar refractivity (Wildman–Crippen MR) is 54.8 cm³/mol. The topological polar surface area (TPSA) is 61.3 Å². The summed E-state index contributed by atoms with van der Waals surface area (Å²) in [5.74, 6) is 0.357. The van der Waals surface area contributed by atoms with Crippen LogP contribution in [0.4, 0.5) is 5.88 Å². The van der Waals surface area contributed by atoms with Gasteiger partial charge < -0.3 is 15.0 Å². The Balaban J connectivity index is 2.21. The molecule has 0 fully saturated rings. The van der Waals surface area contributed by atoms with Crippen molar-refractivity contribution in [3.63, 3.8) is 0 Å². The van der Waals surface area contributed by atoms with Crippen molar-refractivity contribution in [3.8, 4) is 11.1 Å². The molecule has 1 aliphatic rings. The Morgan fingerprint density at radius 2 is 2.13 bits per heavy atom. The summed E-state index contributed by atoms with van der Waals surface area (Å²) in [5, 5.41) is 3.68. The van der Waals surface area contributed by atoms with Crippen LogP contribution in [0.25, 0.3) is 11.1 Å². The maximum absolute atomic E-state index is 5.70. The van der Waals surface area contributed by atoms with E-state index < -0.39 is 0 Å². The zero-order chi connectivity index (χ0) is 10.3. The molecule has 0 amide bonds. The first-order valence-corrected chi connectivity index (χ1v) is 4.75. The summed E-state index contributed by atoms with van der Waals surface area (Å²) in [6.07, 6.45) is 1.64. The van der Waals surface area contributed by atoms with Gasteiger partial charge in [-0.3, -0.25) is 0 Å². The summed E-state index contributed by atoms with van der Waals surface area (Å²) in [7, 11) is 0. The molecule has 2 aromatic rings. The lowest BCUT2D eigenvalue weighted by Gasteiger charge is -2.04. The van der Waals surface area contributed by atoms with Gasteiger partial charge in [0.15, 0.2) is 0 Å². The summed E-state index contributed by atoms with van der Waals surface area (Å²) < 4.78 is 10.3. The maximum atomic E-state index is 5.70. The molecule has 1 aliphatic heterocycles. The molecular formula is C11H10N2O2. The molecule has 0 atom stereocenters. The summed E-state index contributed by atoms with van der Waals surface area (Å²) in [4.78, 5) is 0. The van der Waals surface area contributed by atoms with Crippen molar-refractivity contribution in [3.05, 3.63) is 35.5 Å². The summed E-state index contributed by atoms with van der Waals surface area (Å²) in [6.45, 7) is 1.31. The number of nitrogen functional groups attached to an aromatic ring is 1. The molecule has 4 heteroatoms. The molecule has 0 radical (unpaired) electrons. The third kappa shape index (κ3) is 1.22. The quantitative estimate of drug-likeness (QED) is 0.767. The molecule has 1 aromatic heterocycles. The highest BCUT2D eigenvalue weighted by Crippen LogP contribution is 2.33. The van der Waals surface area contributed by atoms with Gasteiger partial charge in [0.2, 0.25) is 5.88 Å². The van der Waals surface area contributed by atoms with E-state index in [1.165, 1.54) is 11.1 Å². The lowest BCUT2D eigenvalue weighted by Crippen LogP contribution is -1.90. The molecule has 76 valence electrons. The highest BCUT2D eigenvalue weighted by molar-refractivity contribution is 5.75. The zero-order valence-corrected chi connectivity index (χ0v) is 8.06. The number of anilines is 1. The Hall–Kier alpha value is -1.81. The lowest BCUT2D eigenvalue weighted by atomic mass is 9.99. The van der Waals surface area contributed by atoms with Crippen LogP contribution < -0.4 is 5.73 Å². The molecule has 0 spiro atoms. The third-order valence-corrected chi connectivity index (χ3v) is 2.67. The van der Waals surface area contributed by atoms with Gasteiger partial charge in [0.05, 0.1) is 25.0 Å². The fraction of sp³-hybridized carbons (Fsp3) is 0.182. The first-order chi connectivity index (χ1) is 7.36. The third-order valence-electron chi connectivity index (χ3n) is 2.67. The van der Waals surface area contributed by atoms with E-state index in [-0.39, 0.29) is 0 Å². The Morgan fingerprint density at radius 1 is 1.20 bits per heavy atom. The van der Waals surface area contributed by atoms with Crippen LogP contribution in [0.3, 0.4) is 0 Å². The van der Waals surface area contributed by atoms with Crippen molar-refractivity contribution in [2.24, 2.45) is 0 Å². The SMILES string of the molecule is Nc1oncc1-c1cccc2c1COC2. The smallest absolute Gasteiger partial charge is 0.229 e. The Labute approximate surface area is 86.6 Å². The molecule has 3 rings (SSSR count). The van der Waals surface area contributed by atoms with Crippen LogP contribution in [0.15, 0.2) is 28.9 Å². The van der Waals surface area contributed by atoms with Gasteiger partial charge in [0.1, 0.15) is 0 Å². The first-order valence-electron chi connectivity index (χ1n) is 4.75. The van der Waals surface area contributed by atoms with Gasteiger partial charge in [0.25, 0.3) is 0 Å². The van der Waals surface area contributed by atoms with Crippen LogP contribution in [0.2, 0.25) is 0 Å². The van der Waals surface area contributed by atoms with E-state index in [2.05, 4.69) is 11.2 Å². The second kappa shape index (κ2) is 3.10. The minimum absolute atomic E-state index is 0.357. The Kier molecular flexibility index (Phi) is 1.76. The summed E-state index contributed by atoms with van der Waals surface area (Å²) in [6, 6.07) is 6.07. The van der Waals surface area contributed by atoms with Crippen LogP contribution in [0.1, 0.15) is 11.1 Å². The van der Waals surface area contributed by atoms with Crippen molar-refractivity contribution in [2.45, 2.75) is 13.2 Å². The van der Waals surface area contributed by atoms with Gasteiger partial charge in [-0.1, -0.05) is 23.4 Å². The van der Waals surface area contributed by atoms with E-state index in [4.69, 9.17) is 15.0 Å². The van der Waals surface area contributed by atoms with Gasteiger partial charge in [0, 0.05) is 0 Å². The second-order valence-corrected chi connectivity index (χ2v) is 3.54. The number of nitrogens with two attached hydrogens (primary N) is 1. The number of ether oxygens (including phenoxy) is 1. The average Bonchev–Trinajstić information content (AvgIpc) is 2.85. The minimum Gasteiger partial charge on any atom is -0.372 e. The van der Waals surface area contributed by atoms with Crippen LogP contribution in [-0.2, 0) is 18.0 Å². The number of hydrogen-bond acceptors (Lipinski definition) is 4. The Bertz CT molecular complexity index is 505. The average molecular weight is 202 g/mol. The van der Waals surface area contributed by atoms with E-state index in [0.29, 0.717) is 19.1 Å². The van der Waals surface area contributed by atoms with Crippen LogP contribution in [-0.4, -0.2) is 5.16 Å². The molecule has 2 heterocycles. The van der Waals surface area contributed by atoms with Crippen molar-refractivity contribution in [1.29, 1.82) is 0 Å². The van der Waals surface area contributed by atoms with E-state index >= 15 is 0 Å². The largest absolute Gasteiger partial charge is 0.372 e. The Morgan fingerprint density at radius 3 is 2.93 bits per heavy atom. The molecular weight excluding hydrogens is 192 g/mol. The van der Waals surface area contributed by atoms with Gasteiger partial charge in [-0.15, -0.1) is 0 Å². The molecule has 0 saturated carbocycles. The van der Waals surface area contributed by atoms with Gasteiger partial charge in [-0.25, -0.2) is 0 Å². The second-order valence-electron chi connectivity index (χ2n) is 3.54. The van der Waals surface area contributed by atoms with Gasteiger partial charge in [-0.05, 0) is 16.7 Å². The lowest BCUT2D eigenvalue weighted by molar-refractivity contribution is 0.134. The standard InChI is InChI=1S/C11H10N2O2/c12-11-9(4-13-15-11)8-3-1-2-7-5-14-6-10(7)8/h1-4H,5-6,12H2. The highest BCUT2D eigenvalue weighted by Gasteiger charge is 2.18. The van der Waals surface area contributed by atoms with Crippen molar-refractivity contribution >= 4 is 5.88 Å². The number of fused-ring (bicyclic) bond motifs is 1. The van der Waals surface area contributed by atoms with Gasteiger partial charge in [-0.2, -0.15) is 0 Å². The van der Waals surface area contributed by atoms with Crippen LogP contribution >= 0.6 is 0 Å². The molecule has 1 aromatic carbocycles. The number of benzene rings is 1. The molecule has 0 bridgehead atoms. The summed E-state index contributed by atoms with van der Waals surface area (Å²) in [5.41, 5.74) is 10.0. The van der Waals surface area contributed by atoms with E-state index in [9.17, 15) is 0 Å². The number of aromatic nitrogens is 1. The van der Waals surface area contributed by atoms with Crippen molar-refractivity contribution in [2.75, 3.05) is 5.73 Å². The highest BCUT2D eigenvalue weighted by atomic mass is 16.5. The number of rotatable bonds is 1. The zero-order valence-electron chi connectivity index (χ0n) is 8.06. The fourth-order valence-electron chi connectivity index (χ4n) is 1.91. The number of nitrogens with zero attached hydrogens (tertiary/aromatic N) is 1. The molecule has 4 nitrogen and oxygen atoms in total. The van der Waals surface area contributed by atoms with Crippen LogP contribution in [0, 0.1) is 0 Å². The fourth-order valence-corrected chi connectivity index (χ4v) is 1.91. The van der Waals surface area contributed by atoms with E-state index in [1.54, 1.807) is 6.20 Å². The maximum Gasteiger partial charge on any atom is 0.229 e.